The Morgan fingerprint density at radius 2 is 1.65 bits per heavy atom. The minimum atomic E-state index is -0.533. The van der Waals surface area contributed by atoms with E-state index >= 15 is 0 Å². The first-order chi connectivity index (χ1) is 9.21. The van der Waals surface area contributed by atoms with Gasteiger partial charge in [0, 0.05) is 0 Å². The third-order valence-corrected chi connectivity index (χ3v) is 3.64. The first kappa shape index (κ1) is 14.6. The number of benzene rings is 1. The summed E-state index contributed by atoms with van der Waals surface area (Å²) in [5.74, 6) is 0. The molecule has 0 aliphatic carbocycles. The van der Waals surface area contributed by atoms with E-state index in [4.69, 9.17) is 11.6 Å². The second-order valence-electron chi connectivity index (χ2n) is 5.81. The predicted molar refractivity (Wildman–Crippen MR) is 81.1 cm³/mol. The lowest BCUT2D eigenvalue weighted by Crippen LogP contribution is -2.35. The molecular weight excluding hydrogens is 276 g/mol. The number of aromatic nitrogens is 2. The summed E-state index contributed by atoms with van der Waals surface area (Å²) < 4.78 is 1.09. The summed E-state index contributed by atoms with van der Waals surface area (Å²) in [6, 6.07) is 7.38. The van der Waals surface area contributed by atoms with E-state index in [0.717, 1.165) is 10.1 Å². The Bertz CT molecular complexity index is 749. The van der Waals surface area contributed by atoms with E-state index in [9.17, 15) is 9.59 Å². The lowest BCUT2D eigenvalue weighted by atomic mass is 9.87. The standard InChI is InChI=1S/C15H17ClN2O2/c1-9-12(16)17-14(20)18(13(9)19)11-7-5-10(6-8-11)15(2,3)4/h5-8H,1-4H3,(H,17,20). The fraction of sp³-hybridized carbons (Fsp3) is 0.333. The van der Waals surface area contributed by atoms with Gasteiger partial charge in [-0.25, -0.2) is 9.36 Å². The minimum Gasteiger partial charge on any atom is -0.297 e. The van der Waals surface area contributed by atoms with E-state index in [2.05, 4.69) is 25.8 Å². The molecule has 0 bridgehead atoms. The number of halogens is 1. The van der Waals surface area contributed by atoms with Crippen LogP contribution in [0.5, 0.6) is 0 Å². The third kappa shape index (κ3) is 2.56. The van der Waals surface area contributed by atoms with Crippen molar-refractivity contribution in [3.8, 4) is 5.69 Å². The van der Waals surface area contributed by atoms with Crippen LogP contribution < -0.4 is 11.2 Å². The van der Waals surface area contributed by atoms with Gasteiger partial charge in [0.1, 0.15) is 5.15 Å². The van der Waals surface area contributed by atoms with E-state index in [1.54, 1.807) is 19.1 Å². The van der Waals surface area contributed by atoms with E-state index in [0.29, 0.717) is 11.3 Å². The van der Waals surface area contributed by atoms with Crippen LogP contribution in [-0.2, 0) is 5.41 Å². The molecule has 0 aliphatic heterocycles. The van der Waals surface area contributed by atoms with Gasteiger partial charge in [-0.3, -0.25) is 9.78 Å². The fourth-order valence-corrected chi connectivity index (χ4v) is 2.10. The molecular formula is C15H17ClN2O2. The molecule has 0 amide bonds. The van der Waals surface area contributed by atoms with Crippen molar-refractivity contribution < 1.29 is 0 Å². The Labute approximate surface area is 122 Å². The molecule has 0 fully saturated rings. The third-order valence-electron chi connectivity index (χ3n) is 3.26. The lowest BCUT2D eigenvalue weighted by molar-refractivity contribution is 0.590. The molecule has 106 valence electrons. The van der Waals surface area contributed by atoms with Gasteiger partial charge < -0.3 is 0 Å². The molecule has 2 rings (SSSR count). The van der Waals surface area contributed by atoms with Gasteiger partial charge in [-0.2, -0.15) is 0 Å². The fourth-order valence-electron chi connectivity index (χ4n) is 1.94. The zero-order valence-corrected chi connectivity index (χ0v) is 12.7. The van der Waals surface area contributed by atoms with Crippen molar-refractivity contribution in [1.82, 2.24) is 9.55 Å². The highest BCUT2D eigenvalue weighted by Gasteiger charge is 2.15. The molecule has 0 atom stereocenters. The monoisotopic (exact) mass is 292 g/mol. The van der Waals surface area contributed by atoms with Crippen LogP contribution in [0.4, 0.5) is 0 Å². The topological polar surface area (TPSA) is 54.9 Å². The van der Waals surface area contributed by atoms with Crippen molar-refractivity contribution in [2.24, 2.45) is 0 Å². The van der Waals surface area contributed by atoms with E-state index in [1.807, 2.05) is 12.1 Å². The first-order valence-corrected chi connectivity index (χ1v) is 6.72. The van der Waals surface area contributed by atoms with Gasteiger partial charge in [-0.15, -0.1) is 0 Å². The minimum absolute atomic E-state index is 0.0197. The van der Waals surface area contributed by atoms with Crippen molar-refractivity contribution in [3.63, 3.8) is 0 Å². The molecule has 2 aromatic rings. The quantitative estimate of drug-likeness (QED) is 0.822. The normalized spacial score (nSPS) is 11.7. The molecule has 4 nitrogen and oxygen atoms in total. The van der Waals surface area contributed by atoms with E-state index in [-0.39, 0.29) is 10.6 Å². The second-order valence-corrected chi connectivity index (χ2v) is 6.18. The maximum atomic E-state index is 12.2. The van der Waals surface area contributed by atoms with Crippen LogP contribution in [0.1, 0.15) is 31.9 Å². The highest BCUT2D eigenvalue weighted by Crippen LogP contribution is 2.22. The summed E-state index contributed by atoms with van der Waals surface area (Å²) in [5.41, 5.74) is 1.08. The molecule has 0 saturated heterocycles. The first-order valence-electron chi connectivity index (χ1n) is 6.34. The van der Waals surface area contributed by atoms with Crippen molar-refractivity contribution in [2.45, 2.75) is 33.1 Å². The van der Waals surface area contributed by atoms with Crippen molar-refractivity contribution in [2.75, 3.05) is 0 Å². The average Bonchev–Trinajstić information content (AvgIpc) is 2.36. The number of H-pyrrole nitrogens is 1. The summed E-state index contributed by atoms with van der Waals surface area (Å²) in [7, 11) is 0. The largest absolute Gasteiger partial charge is 0.334 e. The summed E-state index contributed by atoms with van der Waals surface area (Å²) in [4.78, 5) is 26.5. The molecule has 0 unspecified atom stereocenters. The van der Waals surface area contributed by atoms with Crippen molar-refractivity contribution in [3.05, 3.63) is 61.4 Å². The van der Waals surface area contributed by atoms with Gasteiger partial charge in [-0.05, 0) is 30.0 Å². The van der Waals surface area contributed by atoms with Crippen LogP contribution in [0.25, 0.3) is 5.69 Å². The van der Waals surface area contributed by atoms with Gasteiger partial charge in [-0.1, -0.05) is 44.5 Å². The maximum absolute atomic E-state index is 12.2. The van der Waals surface area contributed by atoms with Gasteiger partial charge in [0.2, 0.25) is 0 Å². The summed E-state index contributed by atoms with van der Waals surface area (Å²) >= 11 is 5.79. The molecule has 20 heavy (non-hydrogen) atoms. The zero-order chi connectivity index (χ0) is 15.1. The molecule has 5 heteroatoms. The molecule has 0 saturated carbocycles. The van der Waals surface area contributed by atoms with Crippen molar-refractivity contribution in [1.29, 1.82) is 0 Å². The van der Waals surface area contributed by atoms with Crippen LogP contribution in [-0.4, -0.2) is 9.55 Å². The maximum Gasteiger partial charge on any atom is 0.334 e. The summed E-state index contributed by atoms with van der Waals surface area (Å²) in [6.45, 7) is 7.90. The Kier molecular flexibility index (Phi) is 3.61. The molecule has 0 spiro atoms. The number of hydrogen-bond acceptors (Lipinski definition) is 2. The van der Waals surface area contributed by atoms with Gasteiger partial charge in [0.15, 0.2) is 0 Å². The van der Waals surface area contributed by atoms with Gasteiger partial charge in [0.05, 0.1) is 11.3 Å². The Hall–Kier alpha value is -1.81. The molecule has 1 aromatic carbocycles. The molecule has 0 radical (unpaired) electrons. The molecule has 1 aromatic heterocycles. The van der Waals surface area contributed by atoms with Crippen LogP contribution in [0.2, 0.25) is 5.15 Å². The predicted octanol–water partition coefficient (Wildman–Crippen LogP) is 2.79. The number of nitrogens with one attached hydrogen (secondary N) is 1. The highest BCUT2D eigenvalue weighted by molar-refractivity contribution is 6.30. The molecule has 1 heterocycles. The number of hydrogen-bond donors (Lipinski definition) is 1. The van der Waals surface area contributed by atoms with Crippen LogP contribution in [0, 0.1) is 6.92 Å². The highest BCUT2D eigenvalue weighted by atomic mass is 35.5. The second kappa shape index (κ2) is 4.94. The Morgan fingerprint density at radius 3 is 2.15 bits per heavy atom. The van der Waals surface area contributed by atoms with Gasteiger partial charge >= 0.3 is 5.69 Å². The molecule has 1 N–H and O–H groups in total. The lowest BCUT2D eigenvalue weighted by Gasteiger charge is -2.19. The van der Waals surface area contributed by atoms with Crippen LogP contribution >= 0.6 is 11.6 Å². The molecule has 0 aliphatic rings. The van der Waals surface area contributed by atoms with Crippen LogP contribution in [0.3, 0.4) is 0 Å². The number of aromatic amines is 1. The van der Waals surface area contributed by atoms with E-state index < -0.39 is 11.2 Å². The van der Waals surface area contributed by atoms with E-state index in [1.165, 1.54) is 0 Å². The Balaban J connectivity index is 2.62. The van der Waals surface area contributed by atoms with Crippen LogP contribution in [0.15, 0.2) is 33.9 Å². The number of rotatable bonds is 1. The SMILES string of the molecule is Cc1c(Cl)[nH]c(=O)n(-c2ccc(C(C)(C)C)cc2)c1=O. The average molecular weight is 293 g/mol. The summed E-state index contributed by atoms with van der Waals surface area (Å²) in [6.07, 6.45) is 0. The number of nitrogens with zero attached hydrogens (tertiary/aromatic N) is 1. The smallest absolute Gasteiger partial charge is 0.297 e. The zero-order valence-electron chi connectivity index (χ0n) is 12.0. The van der Waals surface area contributed by atoms with Gasteiger partial charge in [0.25, 0.3) is 5.56 Å². The Morgan fingerprint density at radius 1 is 1.10 bits per heavy atom. The summed E-state index contributed by atoms with van der Waals surface area (Å²) in [5, 5.41) is 0.0857. The van der Waals surface area contributed by atoms with Crippen molar-refractivity contribution >= 4 is 11.6 Å².